The van der Waals surface area contributed by atoms with Crippen LogP contribution in [-0.4, -0.2) is 15.9 Å². The van der Waals surface area contributed by atoms with Crippen molar-refractivity contribution in [3.63, 3.8) is 0 Å². The first kappa shape index (κ1) is 12.2. The zero-order valence-corrected chi connectivity index (χ0v) is 10.4. The van der Waals surface area contributed by atoms with Crippen LogP contribution in [0.4, 0.5) is 0 Å². The fourth-order valence-electron chi connectivity index (χ4n) is 1.25. The molecular formula is C12H17NOS. The molecule has 0 spiro atoms. The van der Waals surface area contributed by atoms with Gasteiger partial charge in [0.05, 0.1) is 5.56 Å². The van der Waals surface area contributed by atoms with Gasteiger partial charge in [-0.2, -0.15) is 0 Å². The Morgan fingerprint density at radius 2 is 2.20 bits per heavy atom. The summed E-state index contributed by atoms with van der Waals surface area (Å²) in [5.74, 6) is 0.884. The number of hydrogen-bond donors (Lipinski definition) is 0. The third-order valence-electron chi connectivity index (χ3n) is 2.21. The summed E-state index contributed by atoms with van der Waals surface area (Å²) < 4.78 is 0. The standard InChI is InChI=1S/C12H17NOS/c1-4-6-15-12(14)11-7-10(5-2)8-13-9(11)3/h7-8H,4-6H2,1-3H3. The second-order valence-corrected chi connectivity index (χ2v) is 4.53. The summed E-state index contributed by atoms with van der Waals surface area (Å²) in [6, 6.07) is 1.97. The predicted molar refractivity (Wildman–Crippen MR) is 65.4 cm³/mol. The van der Waals surface area contributed by atoms with Gasteiger partial charge in [-0.15, -0.1) is 0 Å². The molecule has 2 nitrogen and oxygen atoms in total. The lowest BCUT2D eigenvalue weighted by atomic mass is 10.1. The monoisotopic (exact) mass is 223 g/mol. The average molecular weight is 223 g/mol. The SMILES string of the molecule is CCCSC(=O)c1cc(CC)cnc1C. The normalized spacial score (nSPS) is 10.3. The molecule has 0 unspecified atom stereocenters. The summed E-state index contributed by atoms with van der Waals surface area (Å²) in [6.07, 6.45) is 3.79. The van der Waals surface area contributed by atoms with Gasteiger partial charge in [-0.3, -0.25) is 9.78 Å². The van der Waals surface area contributed by atoms with E-state index in [-0.39, 0.29) is 5.12 Å². The van der Waals surface area contributed by atoms with Crippen molar-refractivity contribution in [1.29, 1.82) is 0 Å². The summed E-state index contributed by atoms with van der Waals surface area (Å²) in [6.45, 7) is 6.03. The Morgan fingerprint density at radius 3 is 2.80 bits per heavy atom. The molecule has 15 heavy (non-hydrogen) atoms. The average Bonchev–Trinajstić information content (AvgIpc) is 2.26. The van der Waals surface area contributed by atoms with Crippen LogP contribution in [-0.2, 0) is 6.42 Å². The Labute approximate surface area is 95.5 Å². The Morgan fingerprint density at radius 1 is 1.47 bits per heavy atom. The molecule has 0 saturated carbocycles. The highest BCUT2D eigenvalue weighted by atomic mass is 32.2. The lowest BCUT2D eigenvalue weighted by Gasteiger charge is -2.05. The number of hydrogen-bond acceptors (Lipinski definition) is 3. The largest absolute Gasteiger partial charge is 0.282 e. The molecular weight excluding hydrogens is 206 g/mol. The Kier molecular flexibility index (Phi) is 4.82. The van der Waals surface area contributed by atoms with E-state index in [9.17, 15) is 4.79 Å². The van der Waals surface area contributed by atoms with Crippen LogP contribution in [0.15, 0.2) is 12.3 Å². The number of carbonyl (C=O) groups is 1. The van der Waals surface area contributed by atoms with Gasteiger partial charge >= 0.3 is 0 Å². The van der Waals surface area contributed by atoms with Crippen molar-refractivity contribution in [2.45, 2.75) is 33.6 Å². The van der Waals surface area contributed by atoms with Crippen molar-refractivity contribution in [3.8, 4) is 0 Å². The zero-order chi connectivity index (χ0) is 11.3. The minimum atomic E-state index is 0.150. The third-order valence-corrected chi connectivity index (χ3v) is 3.30. The summed E-state index contributed by atoms with van der Waals surface area (Å²) in [5, 5.41) is 0.150. The first-order valence-electron chi connectivity index (χ1n) is 5.31. The van der Waals surface area contributed by atoms with Crippen LogP contribution in [0.5, 0.6) is 0 Å². The van der Waals surface area contributed by atoms with Crippen molar-refractivity contribution in [1.82, 2.24) is 4.98 Å². The molecule has 0 aliphatic rings. The number of thioether (sulfide) groups is 1. The second-order valence-electron chi connectivity index (χ2n) is 3.47. The van der Waals surface area contributed by atoms with Gasteiger partial charge in [0.1, 0.15) is 0 Å². The molecule has 0 saturated heterocycles. The molecule has 0 fully saturated rings. The number of nitrogens with zero attached hydrogens (tertiary/aromatic N) is 1. The number of pyridine rings is 1. The highest BCUT2D eigenvalue weighted by Gasteiger charge is 2.10. The quantitative estimate of drug-likeness (QED) is 0.785. The Balaban J connectivity index is 2.86. The van der Waals surface area contributed by atoms with Gasteiger partial charge in [0.15, 0.2) is 0 Å². The molecule has 0 N–H and O–H groups in total. The molecule has 1 heterocycles. The fourth-order valence-corrected chi connectivity index (χ4v) is 2.00. The molecule has 0 atom stereocenters. The van der Waals surface area contributed by atoms with Gasteiger partial charge < -0.3 is 0 Å². The number of rotatable bonds is 4. The maximum Gasteiger partial charge on any atom is 0.221 e. The van der Waals surface area contributed by atoms with E-state index in [1.165, 1.54) is 11.8 Å². The van der Waals surface area contributed by atoms with Gasteiger partial charge in [0, 0.05) is 17.6 Å². The summed E-state index contributed by atoms with van der Waals surface area (Å²) in [5.41, 5.74) is 2.73. The summed E-state index contributed by atoms with van der Waals surface area (Å²) in [7, 11) is 0. The van der Waals surface area contributed by atoms with Gasteiger partial charge in [0.25, 0.3) is 0 Å². The first-order chi connectivity index (χ1) is 7.19. The van der Waals surface area contributed by atoms with Crippen molar-refractivity contribution in [3.05, 3.63) is 29.1 Å². The predicted octanol–water partition coefficient (Wildman–Crippen LogP) is 3.24. The molecule has 0 radical (unpaired) electrons. The van der Waals surface area contributed by atoms with E-state index in [0.717, 1.165) is 35.4 Å². The van der Waals surface area contributed by atoms with Gasteiger partial charge in [-0.25, -0.2) is 0 Å². The highest BCUT2D eigenvalue weighted by Crippen LogP contribution is 2.17. The molecule has 0 aliphatic heterocycles. The maximum absolute atomic E-state index is 11.8. The Hall–Kier alpha value is -0.830. The van der Waals surface area contributed by atoms with Crippen LogP contribution in [0.1, 0.15) is 41.9 Å². The van der Waals surface area contributed by atoms with Crippen LogP contribution in [0.2, 0.25) is 0 Å². The lowest BCUT2D eigenvalue weighted by molar-refractivity contribution is 0.108. The molecule has 1 aromatic rings. The van der Waals surface area contributed by atoms with Crippen LogP contribution in [0.3, 0.4) is 0 Å². The second kappa shape index (κ2) is 5.91. The van der Waals surface area contributed by atoms with Crippen molar-refractivity contribution in [2.75, 3.05) is 5.75 Å². The van der Waals surface area contributed by atoms with E-state index in [4.69, 9.17) is 0 Å². The van der Waals surface area contributed by atoms with E-state index in [0.29, 0.717) is 0 Å². The summed E-state index contributed by atoms with van der Waals surface area (Å²) in [4.78, 5) is 16.1. The van der Waals surface area contributed by atoms with Crippen molar-refractivity contribution in [2.24, 2.45) is 0 Å². The lowest BCUT2D eigenvalue weighted by Crippen LogP contribution is -2.01. The molecule has 0 bridgehead atoms. The topological polar surface area (TPSA) is 30.0 Å². The van der Waals surface area contributed by atoms with Crippen molar-refractivity contribution >= 4 is 16.9 Å². The molecule has 0 amide bonds. The molecule has 1 rings (SSSR count). The molecule has 3 heteroatoms. The minimum absolute atomic E-state index is 0.150. The zero-order valence-electron chi connectivity index (χ0n) is 9.54. The first-order valence-corrected chi connectivity index (χ1v) is 6.30. The highest BCUT2D eigenvalue weighted by molar-refractivity contribution is 8.14. The van der Waals surface area contributed by atoms with Crippen LogP contribution in [0.25, 0.3) is 0 Å². The van der Waals surface area contributed by atoms with Crippen LogP contribution < -0.4 is 0 Å². The number of carbonyl (C=O) groups excluding carboxylic acids is 1. The molecule has 82 valence electrons. The minimum Gasteiger partial charge on any atom is -0.282 e. The smallest absolute Gasteiger partial charge is 0.221 e. The molecule has 0 aromatic carbocycles. The summed E-state index contributed by atoms with van der Waals surface area (Å²) >= 11 is 1.38. The maximum atomic E-state index is 11.8. The van der Waals surface area contributed by atoms with E-state index in [2.05, 4.69) is 18.8 Å². The van der Waals surface area contributed by atoms with E-state index >= 15 is 0 Å². The van der Waals surface area contributed by atoms with Gasteiger partial charge in [0.2, 0.25) is 5.12 Å². The third kappa shape index (κ3) is 3.34. The van der Waals surface area contributed by atoms with Crippen LogP contribution >= 0.6 is 11.8 Å². The number of aromatic nitrogens is 1. The number of aryl methyl sites for hydroxylation is 2. The van der Waals surface area contributed by atoms with E-state index in [1.54, 1.807) is 0 Å². The fraction of sp³-hybridized carbons (Fsp3) is 0.500. The Bertz CT molecular complexity index is 349. The van der Waals surface area contributed by atoms with Gasteiger partial charge in [-0.1, -0.05) is 25.6 Å². The van der Waals surface area contributed by atoms with Gasteiger partial charge in [-0.05, 0) is 31.4 Å². The van der Waals surface area contributed by atoms with Crippen molar-refractivity contribution < 1.29 is 4.79 Å². The molecule has 1 aromatic heterocycles. The van der Waals surface area contributed by atoms with E-state index in [1.807, 2.05) is 19.2 Å². The molecule has 0 aliphatic carbocycles. The van der Waals surface area contributed by atoms with E-state index < -0.39 is 0 Å². The van der Waals surface area contributed by atoms with Crippen LogP contribution in [0, 0.1) is 6.92 Å².